The Morgan fingerprint density at radius 3 is 1.47 bits per heavy atom. The van der Waals surface area contributed by atoms with Gasteiger partial charge in [-0.2, -0.15) is 0 Å². The molecule has 6 aromatic rings. The summed E-state index contributed by atoms with van der Waals surface area (Å²) >= 11 is 0. The van der Waals surface area contributed by atoms with Crippen molar-refractivity contribution in [3.8, 4) is 33.8 Å². The van der Waals surface area contributed by atoms with Crippen molar-refractivity contribution in [3.63, 3.8) is 0 Å². The van der Waals surface area contributed by atoms with E-state index < -0.39 is 5.63 Å². The molecule has 0 fully saturated rings. The first-order chi connectivity index (χ1) is 21.9. The molecule has 8 heteroatoms. The standard InChI is InChI=1S/C19H18O4.C18H16O4/c1-22-16-8-6-14(7-9-16)17-12-15-5-4-13(3-2-10-20)11-18(15)23-19(17)21;19-9-1-2-12-3-4-14-11-16(18(21)22-17(14)10-12)13-5-7-15(20)8-6-13/h4-9,11-12,20H,2-3,10H2,1H3;3-8,10-11,19-20H,1-2,9H2. The van der Waals surface area contributed by atoms with Crippen LogP contribution in [0.3, 0.4) is 0 Å². The van der Waals surface area contributed by atoms with E-state index in [0.717, 1.165) is 46.1 Å². The molecular formula is C37H34O8. The van der Waals surface area contributed by atoms with E-state index >= 15 is 0 Å². The molecule has 0 saturated carbocycles. The number of hydrogen-bond acceptors (Lipinski definition) is 8. The van der Waals surface area contributed by atoms with Crippen LogP contribution in [-0.2, 0) is 12.8 Å². The lowest BCUT2D eigenvalue weighted by Gasteiger charge is -2.06. The molecule has 0 atom stereocenters. The van der Waals surface area contributed by atoms with Gasteiger partial charge in [0.15, 0.2) is 0 Å². The molecule has 2 aromatic heterocycles. The van der Waals surface area contributed by atoms with E-state index in [1.165, 1.54) is 12.1 Å². The van der Waals surface area contributed by atoms with E-state index in [2.05, 4.69) is 0 Å². The summed E-state index contributed by atoms with van der Waals surface area (Å²) in [4.78, 5) is 24.5. The number of phenolic OH excluding ortho intramolecular Hbond substituents is 1. The molecule has 0 unspecified atom stereocenters. The fraction of sp³-hybridized carbons (Fsp3) is 0.189. The lowest BCUT2D eigenvalue weighted by molar-refractivity contribution is 0.288. The summed E-state index contributed by atoms with van der Waals surface area (Å²) in [5, 5.41) is 28.8. The quantitative estimate of drug-likeness (QED) is 0.159. The van der Waals surface area contributed by atoms with Gasteiger partial charge in [0.25, 0.3) is 0 Å². The van der Waals surface area contributed by atoms with Crippen molar-refractivity contribution in [2.45, 2.75) is 25.7 Å². The predicted molar refractivity (Wildman–Crippen MR) is 175 cm³/mol. The number of fused-ring (bicyclic) bond motifs is 2. The summed E-state index contributed by atoms with van der Waals surface area (Å²) in [5.74, 6) is 0.898. The normalized spacial score (nSPS) is 10.9. The average molecular weight is 607 g/mol. The topological polar surface area (TPSA) is 130 Å². The van der Waals surface area contributed by atoms with Crippen molar-refractivity contribution in [2.75, 3.05) is 20.3 Å². The van der Waals surface area contributed by atoms with E-state index in [-0.39, 0.29) is 24.6 Å². The summed E-state index contributed by atoms with van der Waals surface area (Å²) in [7, 11) is 1.60. The second-order valence-corrected chi connectivity index (χ2v) is 10.6. The van der Waals surface area contributed by atoms with Crippen LogP contribution in [0.5, 0.6) is 11.5 Å². The second-order valence-electron chi connectivity index (χ2n) is 10.6. The lowest BCUT2D eigenvalue weighted by Crippen LogP contribution is -2.03. The minimum atomic E-state index is -0.405. The lowest BCUT2D eigenvalue weighted by atomic mass is 10.0. The molecule has 8 nitrogen and oxygen atoms in total. The van der Waals surface area contributed by atoms with Gasteiger partial charge in [-0.1, -0.05) is 48.5 Å². The number of phenols is 1. The van der Waals surface area contributed by atoms with Gasteiger partial charge >= 0.3 is 11.3 Å². The maximum absolute atomic E-state index is 12.3. The van der Waals surface area contributed by atoms with Crippen molar-refractivity contribution in [1.82, 2.24) is 0 Å². The van der Waals surface area contributed by atoms with Crippen LogP contribution in [-0.4, -0.2) is 35.6 Å². The molecule has 0 spiro atoms. The molecule has 6 rings (SSSR count). The Kier molecular flexibility index (Phi) is 10.1. The van der Waals surface area contributed by atoms with Gasteiger partial charge in [0.2, 0.25) is 0 Å². The molecule has 0 saturated heterocycles. The monoisotopic (exact) mass is 606 g/mol. The first kappa shape index (κ1) is 31.3. The van der Waals surface area contributed by atoms with Gasteiger partial charge < -0.3 is 28.9 Å². The maximum atomic E-state index is 12.3. The minimum absolute atomic E-state index is 0.141. The van der Waals surface area contributed by atoms with Crippen molar-refractivity contribution < 1.29 is 28.9 Å². The third kappa shape index (κ3) is 7.67. The van der Waals surface area contributed by atoms with E-state index in [0.29, 0.717) is 40.7 Å². The zero-order chi connectivity index (χ0) is 31.8. The summed E-state index contributed by atoms with van der Waals surface area (Å²) in [6, 6.07) is 28.9. The molecule has 3 N–H and O–H groups in total. The molecule has 4 aromatic carbocycles. The van der Waals surface area contributed by atoms with Crippen LogP contribution in [0.4, 0.5) is 0 Å². The Balaban J connectivity index is 0.000000178. The molecule has 0 amide bonds. The van der Waals surface area contributed by atoms with Crippen LogP contribution in [0, 0.1) is 0 Å². The summed E-state index contributed by atoms with van der Waals surface area (Å²) in [5.41, 5.74) is 4.93. The number of aromatic hydroxyl groups is 1. The van der Waals surface area contributed by atoms with Gasteiger partial charge in [0, 0.05) is 24.0 Å². The highest BCUT2D eigenvalue weighted by Gasteiger charge is 2.10. The smallest absolute Gasteiger partial charge is 0.344 e. The van der Waals surface area contributed by atoms with Crippen LogP contribution in [0.1, 0.15) is 24.0 Å². The highest BCUT2D eigenvalue weighted by Crippen LogP contribution is 2.25. The van der Waals surface area contributed by atoms with E-state index in [1.54, 1.807) is 25.3 Å². The fourth-order valence-corrected chi connectivity index (χ4v) is 5.00. The van der Waals surface area contributed by atoms with E-state index in [4.69, 9.17) is 23.8 Å². The van der Waals surface area contributed by atoms with Gasteiger partial charge in [-0.3, -0.25) is 0 Å². The molecule has 0 bridgehead atoms. The number of benzene rings is 4. The Morgan fingerprint density at radius 2 is 1.04 bits per heavy atom. The summed E-state index contributed by atoms with van der Waals surface area (Å²) in [6.45, 7) is 0.292. The number of aliphatic hydroxyl groups excluding tert-OH is 2. The van der Waals surface area contributed by atoms with E-state index in [1.807, 2.05) is 66.7 Å². The highest BCUT2D eigenvalue weighted by molar-refractivity contribution is 5.83. The zero-order valence-electron chi connectivity index (χ0n) is 24.9. The third-order valence-electron chi connectivity index (χ3n) is 7.43. The average Bonchev–Trinajstić information content (AvgIpc) is 3.06. The van der Waals surface area contributed by atoms with Crippen LogP contribution in [0.15, 0.2) is 115 Å². The van der Waals surface area contributed by atoms with Gasteiger partial charge in [0.05, 0.1) is 18.2 Å². The molecule has 2 heterocycles. The Hall–Kier alpha value is -5.18. The number of rotatable bonds is 9. The largest absolute Gasteiger partial charge is 0.508 e. The SMILES string of the molecule is COc1ccc(-c2cc3ccc(CCCO)cc3oc2=O)cc1.O=c1oc2cc(CCCO)ccc2cc1-c1ccc(O)cc1. The predicted octanol–water partition coefficient (Wildman–Crippen LogP) is 6.48. The van der Waals surface area contributed by atoms with Crippen molar-refractivity contribution in [1.29, 1.82) is 0 Å². The first-order valence-corrected chi connectivity index (χ1v) is 14.7. The highest BCUT2D eigenvalue weighted by atomic mass is 16.5. The molecule has 0 radical (unpaired) electrons. The van der Waals surface area contributed by atoms with Crippen molar-refractivity contribution >= 4 is 21.9 Å². The number of aryl methyl sites for hydroxylation is 2. The maximum Gasteiger partial charge on any atom is 0.344 e. The minimum Gasteiger partial charge on any atom is -0.508 e. The molecule has 45 heavy (non-hydrogen) atoms. The van der Waals surface area contributed by atoms with E-state index in [9.17, 15) is 14.7 Å². The Morgan fingerprint density at radius 1 is 0.600 bits per heavy atom. The van der Waals surface area contributed by atoms with Crippen LogP contribution in [0.25, 0.3) is 44.2 Å². The molecule has 230 valence electrons. The Labute approximate surface area is 259 Å². The van der Waals surface area contributed by atoms with Crippen LogP contribution >= 0.6 is 0 Å². The molecule has 0 aliphatic carbocycles. The number of hydrogen-bond donors (Lipinski definition) is 3. The number of methoxy groups -OCH3 is 1. The van der Waals surface area contributed by atoms with Crippen LogP contribution < -0.4 is 16.0 Å². The van der Waals surface area contributed by atoms with Crippen molar-refractivity contribution in [2.24, 2.45) is 0 Å². The Bertz CT molecular complexity index is 2010. The fourth-order valence-electron chi connectivity index (χ4n) is 5.00. The summed E-state index contributed by atoms with van der Waals surface area (Å²) in [6.07, 6.45) is 2.88. The first-order valence-electron chi connectivity index (χ1n) is 14.7. The molecule has 0 aliphatic rings. The number of aliphatic hydroxyl groups is 2. The van der Waals surface area contributed by atoms with Crippen molar-refractivity contribution in [3.05, 3.63) is 129 Å². The zero-order valence-corrected chi connectivity index (χ0v) is 24.9. The molecule has 0 aliphatic heterocycles. The van der Waals surface area contributed by atoms with Gasteiger partial charge in [-0.25, -0.2) is 9.59 Å². The van der Waals surface area contributed by atoms with Gasteiger partial charge in [-0.05, 0) is 96.5 Å². The van der Waals surface area contributed by atoms with Gasteiger partial charge in [0.1, 0.15) is 22.7 Å². The molecular weight excluding hydrogens is 572 g/mol. The second kappa shape index (κ2) is 14.5. The number of ether oxygens (including phenoxy) is 1. The van der Waals surface area contributed by atoms with Crippen LogP contribution in [0.2, 0.25) is 0 Å². The summed E-state index contributed by atoms with van der Waals surface area (Å²) < 4.78 is 16.0. The van der Waals surface area contributed by atoms with Gasteiger partial charge in [-0.15, -0.1) is 0 Å². The third-order valence-corrected chi connectivity index (χ3v) is 7.43.